The maximum atomic E-state index is 12.8. The molecule has 4 heteroatoms. The van der Waals surface area contributed by atoms with Crippen molar-refractivity contribution in [1.82, 2.24) is 5.32 Å². The van der Waals surface area contributed by atoms with Gasteiger partial charge in [-0.25, -0.2) is 0 Å². The highest BCUT2D eigenvalue weighted by Crippen LogP contribution is 2.29. The molecule has 0 spiro atoms. The maximum absolute atomic E-state index is 12.8. The Morgan fingerprint density at radius 3 is 1.92 bits per heavy atom. The molecule has 0 aliphatic heterocycles. The minimum Gasteiger partial charge on any atom is -0.493 e. The van der Waals surface area contributed by atoms with Gasteiger partial charge in [-0.05, 0) is 41.2 Å². The summed E-state index contributed by atoms with van der Waals surface area (Å²) < 4.78 is 10.5. The molecule has 1 atom stereocenters. The molecule has 0 radical (unpaired) electrons. The largest absolute Gasteiger partial charge is 0.493 e. The van der Waals surface area contributed by atoms with Gasteiger partial charge in [0.25, 0.3) is 5.91 Å². The van der Waals surface area contributed by atoms with Gasteiger partial charge in [-0.1, -0.05) is 52.0 Å². The summed E-state index contributed by atoms with van der Waals surface area (Å²) in [5, 5.41) is 3.15. The van der Waals surface area contributed by atoms with Gasteiger partial charge < -0.3 is 14.8 Å². The van der Waals surface area contributed by atoms with Crippen LogP contribution in [0.4, 0.5) is 0 Å². The van der Waals surface area contributed by atoms with Crippen LogP contribution in [0, 0.1) is 5.92 Å². The summed E-state index contributed by atoms with van der Waals surface area (Å²) in [5.41, 5.74) is 2.95. The van der Waals surface area contributed by atoms with Crippen LogP contribution in [0.3, 0.4) is 0 Å². The average molecular weight is 355 g/mol. The van der Waals surface area contributed by atoms with E-state index in [0.717, 1.165) is 5.56 Å². The molecule has 2 rings (SSSR count). The van der Waals surface area contributed by atoms with Crippen LogP contribution in [0.2, 0.25) is 0 Å². The van der Waals surface area contributed by atoms with E-state index in [2.05, 4.69) is 57.3 Å². The van der Waals surface area contributed by atoms with E-state index in [-0.39, 0.29) is 17.9 Å². The Kier molecular flexibility index (Phi) is 6.67. The lowest BCUT2D eigenvalue weighted by molar-refractivity contribution is 0.0925. The van der Waals surface area contributed by atoms with Crippen LogP contribution in [0.25, 0.3) is 0 Å². The van der Waals surface area contributed by atoms with Crippen molar-refractivity contribution in [3.63, 3.8) is 0 Å². The van der Waals surface area contributed by atoms with E-state index in [1.54, 1.807) is 32.4 Å². The first-order valence-electron chi connectivity index (χ1n) is 9.00. The monoisotopic (exact) mass is 355 g/mol. The molecule has 0 heterocycles. The molecule has 0 bridgehead atoms. The molecule has 1 amide bonds. The zero-order valence-corrected chi connectivity index (χ0v) is 16.5. The van der Waals surface area contributed by atoms with Crippen molar-refractivity contribution in [3.8, 4) is 11.5 Å². The molecule has 0 aliphatic carbocycles. The summed E-state index contributed by atoms with van der Waals surface area (Å²) in [7, 11) is 3.14. The fourth-order valence-electron chi connectivity index (χ4n) is 2.93. The number of hydrogen-bond donors (Lipinski definition) is 1. The Morgan fingerprint density at radius 2 is 1.42 bits per heavy atom. The number of benzene rings is 2. The van der Waals surface area contributed by atoms with Gasteiger partial charge >= 0.3 is 0 Å². The van der Waals surface area contributed by atoms with Gasteiger partial charge in [0.15, 0.2) is 11.5 Å². The van der Waals surface area contributed by atoms with Gasteiger partial charge in [0, 0.05) is 5.56 Å². The Hall–Kier alpha value is -2.49. The lowest BCUT2D eigenvalue weighted by atomic mass is 9.93. The first-order valence-corrected chi connectivity index (χ1v) is 9.00. The number of rotatable bonds is 7. The third-order valence-corrected chi connectivity index (χ3v) is 4.56. The fourth-order valence-corrected chi connectivity index (χ4v) is 2.93. The standard InChI is InChI=1S/C22H29NO3/c1-14(2)16-7-9-17(10-8-16)21(15(3)4)23-22(24)18-11-12-19(25-5)20(13-18)26-6/h7-15,21H,1-6H3,(H,23,24). The molecule has 4 nitrogen and oxygen atoms in total. The first kappa shape index (κ1) is 19.8. The number of amides is 1. The minimum absolute atomic E-state index is 0.0585. The average Bonchev–Trinajstić information content (AvgIpc) is 2.65. The molecule has 1 unspecified atom stereocenters. The van der Waals surface area contributed by atoms with Crippen LogP contribution in [0.15, 0.2) is 42.5 Å². The summed E-state index contributed by atoms with van der Waals surface area (Å²) in [4.78, 5) is 12.8. The van der Waals surface area contributed by atoms with Crippen molar-refractivity contribution in [1.29, 1.82) is 0 Å². The molecule has 2 aromatic rings. The van der Waals surface area contributed by atoms with Crippen LogP contribution in [0.5, 0.6) is 11.5 Å². The van der Waals surface area contributed by atoms with Crippen LogP contribution < -0.4 is 14.8 Å². The number of methoxy groups -OCH3 is 2. The molecule has 0 aliphatic rings. The highest BCUT2D eigenvalue weighted by atomic mass is 16.5. The van der Waals surface area contributed by atoms with E-state index in [9.17, 15) is 4.79 Å². The van der Waals surface area contributed by atoms with Crippen molar-refractivity contribution in [2.24, 2.45) is 5.92 Å². The summed E-state index contributed by atoms with van der Waals surface area (Å²) in [6, 6.07) is 13.6. The van der Waals surface area contributed by atoms with E-state index in [1.165, 1.54) is 5.56 Å². The lowest BCUT2D eigenvalue weighted by Crippen LogP contribution is -2.31. The number of nitrogens with one attached hydrogen (secondary N) is 1. The van der Waals surface area contributed by atoms with Crippen molar-refractivity contribution in [2.75, 3.05) is 14.2 Å². The van der Waals surface area contributed by atoms with E-state index in [0.29, 0.717) is 23.0 Å². The fraction of sp³-hybridized carbons (Fsp3) is 0.409. The summed E-state index contributed by atoms with van der Waals surface area (Å²) in [6.45, 7) is 8.56. The van der Waals surface area contributed by atoms with Gasteiger partial charge in [-0.3, -0.25) is 4.79 Å². The van der Waals surface area contributed by atoms with Crippen molar-refractivity contribution >= 4 is 5.91 Å². The van der Waals surface area contributed by atoms with Gasteiger partial charge in [-0.15, -0.1) is 0 Å². The molecule has 26 heavy (non-hydrogen) atoms. The molecular formula is C22H29NO3. The second kappa shape index (κ2) is 8.75. The Balaban J connectivity index is 2.23. The van der Waals surface area contributed by atoms with E-state index in [1.807, 2.05) is 0 Å². The second-order valence-corrected chi connectivity index (χ2v) is 7.09. The highest BCUT2D eigenvalue weighted by molar-refractivity contribution is 5.95. The van der Waals surface area contributed by atoms with Crippen molar-refractivity contribution in [3.05, 3.63) is 59.2 Å². The predicted octanol–water partition coefficient (Wildman–Crippen LogP) is 4.95. The summed E-state index contributed by atoms with van der Waals surface area (Å²) in [6.07, 6.45) is 0. The van der Waals surface area contributed by atoms with Gasteiger partial charge in [-0.2, -0.15) is 0 Å². The number of hydrogen-bond acceptors (Lipinski definition) is 3. The quantitative estimate of drug-likeness (QED) is 0.764. The number of carbonyl (C=O) groups is 1. The Morgan fingerprint density at radius 1 is 0.846 bits per heavy atom. The van der Waals surface area contributed by atoms with E-state index < -0.39 is 0 Å². The van der Waals surface area contributed by atoms with Crippen molar-refractivity contribution in [2.45, 2.75) is 39.7 Å². The Bertz CT molecular complexity index is 736. The van der Waals surface area contributed by atoms with Gasteiger partial charge in [0.1, 0.15) is 0 Å². The topological polar surface area (TPSA) is 47.6 Å². The summed E-state index contributed by atoms with van der Waals surface area (Å²) in [5.74, 6) is 1.78. The van der Waals surface area contributed by atoms with Crippen LogP contribution in [-0.4, -0.2) is 20.1 Å². The van der Waals surface area contributed by atoms with Gasteiger partial charge in [0.2, 0.25) is 0 Å². The molecular weight excluding hydrogens is 326 g/mol. The molecule has 1 N–H and O–H groups in total. The normalized spacial score (nSPS) is 12.2. The third kappa shape index (κ3) is 4.57. The van der Waals surface area contributed by atoms with Gasteiger partial charge in [0.05, 0.1) is 20.3 Å². The minimum atomic E-state index is -0.127. The van der Waals surface area contributed by atoms with Crippen molar-refractivity contribution < 1.29 is 14.3 Å². The van der Waals surface area contributed by atoms with Crippen LogP contribution in [0.1, 0.15) is 61.1 Å². The lowest BCUT2D eigenvalue weighted by Gasteiger charge is -2.24. The Labute approximate surface area is 156 Å². The van der Waals surface area contributed by atoms with Crippen LogP contribution >= 0.6 is 0 Å². The smallest absolute Gasteiger partial charge is 0.251 e. The third-order valence-electron chi connectivity index (χ3n) is 4.56. The van der Waals surface area contributed by atoms with E-state index >= 15 is 0 Å². The molecule has 0 saturated carbocycles. The second-order valence-electron chi connectivity index (χ2n) is 7.09. The number of ether oxygens (including phenoxy) is 2. The maximum Gasteiger partial charge on any atom is 0.251 e. The molecule has 140 valence electrons. The summed E-state index contributed by atoms with van der Waals surface area (Å²) >= 11 is 0. The zero-order chi connectivity index (χ0) is 19.3. The molecule has 0 aromatic heterocycles. The van der Waals surface area contributed by atoms with Crippen LogP contribution in [-0.2, 0) is 0 Å². The number of carbonyl (C=O) groups excluding carboxylic acids is 1. The SMILES string of the molecule is COc1ccc(C(=O)NC(c2ccc(C(C)C)cc2)C(C)C)cc1OC. The first-order chi connectivity index (χ1) is 12.4. The zero-order valence-electron chi connectivity index (χ0n) is 16.5. The molecule has 0 fully saturated rings. The predicted molar refractivity (Wildman–Crippen MR) is 105 cm³/mol. The molecule has 0 saturated heterocycles. The highest BCUT2D eigenvalue weighted by Gasteiger charge is 2.20. The van der Waals surface area contributed by atoms with E-state index in [4.69, 9.17) is 9.47 Å². The molecule has 2 aromatic carbocycles.